The predicted octanol–water partition coefficient (Wildman–Crippen LogP) is 3.95. The van der Waals surface area contributed by atoms with E-state index in [0.717, 1.165) is 29.9 Å². The normalized spacial score (nSPS) is 16.1. The molecule has 0 radical (unpaired) electrons. The Morgan fingerprint density at radius 2 is 1.90 bits per heavy atom. The lowest BCUT2D eigenvalue weighted by Crippen LogP contribution is -2.37. The molecule has 1 aromatic carbocycles. The van der Waals surface area contributed by atoms with Crippen molar-refractivity contribution in [3.05, 3.63) is 41.5 Å². The summed E-state index contributed by atoms with van der Waals surface area (Å²) in [5.74, 6) is 2.13. The summed E-state index contributed by atoms with van der Waals surface area (Å²) in [6.45, 7) is 13.3. The van der Waals surface area contributed by atoms with E-state index in [1.807, 2.05) is 6.92 Å². The van der Waals surface area contributed by atoms with Crippen LogP contribution in [0.15, 0.2) is 33.9 Å². The fourth-order valence-electron chi connectivity index (χ4n) is 3.21. The maximum absolute atomic E-state index is 5.55. The van der Waals surface area contributed by atoms with E-state index in [1.54, 1.807) is 11.8 Å². The van der Waals surface area contributed by atoms with E-state index in [1.165, 1.54) is 5.56 Å². The molecule has 8 nitrogen and oxygen atoms in total. The van der Waals surface area contributed by atoms with Crippen molar-refractivity contribution in [2.24, 2.45) is 0 Å². The number of nitrogens with zero attached hydrogens (tertiary/aromatic N) is 6. The standard InChI is InChI=1S/C21H28N6O2S/c1-14-7-6-8-16(13-14)27-19(26-9-11-28-12-10-26)23-24-20(27)30-15(2)17-22-18(25-29-17)21(3,4)5/h6-8,13,15H,9-12H2,1-5H3/t15-/m1/s1. The second-order valence-corrected chi connectivity index (χ2v) is 9.83. The highest BCUT2D eigenvalue weighted by molar-refractivity contribution is 7.99. The zero-order chi connectivity index (χ0) is 21.3. The molecule has 1 atom stereocenters. The van der Waals surface area contributed by atoms with Crippen LogP contribution < -0.4 is 4.90 Å². The Bertz CT molecular complexity index is 1000. The molecule has 1 saturated heterocycles. The van der Waals surface area contributed by atoms with Crippen LogP contribution in [0.3, 0.4) is 0 Å². The van der Waals surface area contributed by atoms with Gasteiger partial charge in [-0.15, -0.1) is 10.2 Å². The van der Waals surface area contributed by atoms with Crippen LogP contribution in [-0.4, -0.2) is 51.2 Å². The molecule has 0 spiro atoms. The van der Waals surface area contributed by atoms with Gasteiger partial charge in [0.15, 0.2) is 11.0 Å². The SMILES string of the molecule is Cc1cccc(-n2c(S[C@H](C)c3nc(C(C)(C)C)no3)nnc2N2CCOCC2)c1. The molecule has 1 aliphatic rings. The van der Waals surface area contributed by atoms with Gasteiger partial charge in [-0.05, 0) is 31.5 Å². The number of hydrogen-bond donors (Lipinski definition) is 0. The van der Waals surface area contributed by atoms with Crippen LogP contribution in [0.25, 0.3) is 5.69 Å². The smallest absolute Gasteiger partial charge is 0.239 e. The first-order valence-electron chi connectivity index (χ1n) is 10.2. The Balaban J connectivity index is 1.67. The molecule has 9 heteroatoms. The Kier molecular flexibility index (Phi) is 5.84. The van der Waals surface area contributed by atoms with Crippen molar-refractivity contribution in [2.75, 3.05) is 31.2 Å². The molecule has 0 unspecified atom stereocenters. The van der Waals surface area contributed by atoms with Gasteiger partial charge in [-0.3, -0.25) is 4.57 Å². The molecule has 2 aromatic heterocycles. The van der Waals surface area contributed by atoms with Crippen molar-refractivity contribution < 1.29 is 9.26 Å². The first-order valence-corrected chi connectivity index (χ1v) is 11.1. The van der Waals surface area contributed by atoms with Gasteiger partial charge in [0.05, 0.1) is 24.2 Å². The molecule has 30 heavy (non-hydrogen) atoms. The molecule has 1 aliphatic heterocycles. The van der Waals surface area contributed by atoms with E-state index in [2.05, 4.69) is 81.8 Å². The number of rotatable bonds is 5. The zero-order valence-corrected chi connectivity index (χ0v) is 18.9. The summed E-state index contributed by atoms with van der Waals surface area (Å²) in [4.78, 5) is 6.83. The van der Waals surface area contributed by atoms with Gasteiger partial charge in [0, 0.05) is 18.5 Å². The molecular formula is C21H28N6O2S. The van der Waals surface area contributed by atoms with E-state index >= 15 is 0 Å². The maximum Gasteiger partial charge on any atom is 0.239 e. The molecule has 0 bridgehead atoms. The number of morpholine rings is 1. The third-order valence-electron chi connectivity index (χ3n) is 4.91. The lowest BCUT2D eigenvalue weighted by molar-refractivity contribution is 0.122. The van der Waals surface area contributed by atoms with Crippen molar-refractivity contribution in [1.82, 2.24) is 24.9 Å². The summed E-state index contributed by atoms with van der Waals surface area (Å²) in [5, 5.41) is 14.0. The molecule has 0 amide bonds. The van der Waals surface area contributed by atoms with Crippen LogP contribution in [0.4, 0.5) is 5.95 Å². The van der Waals surface area contributed by atoms with Crippen molar-refractivity contribution >= 4 is 17.7 Å². The third kappa shape index (κ3) is 4.37. The van der Waals surface area contributed by atoms with Gasteiger partial charge in [0.25, 0.3) is 0 Å². The number of ether oxygens (including phenoxy) is 1. The minimum atomic E-state index is -0.156. The van der Waals surface area contributed by atoms with Gasteiger partial charge in [-0.2, -0.15) is 4.98 Å². The Morgan fingerprint density at radius 3 is 2.57 bits per heavy atom. The van der Waals surface area contributed by atoms with Crippen molar-refractivity contribution in [3.63, 3.8) is 0 Å². The average molecular weight is 429 g/mol. The number of benzene rings is 1. The summed E-state index contributed by atoms with van der Waals surface area (Å²) in [6, 6.07) is 8.37. The largest absolute Gasteiger partial charge is 0.378 e. The lowest BCUT2D eigenvalue weighted by atomic mass is 9.96. The maximum atomic E-state index is 5.55. The molecule has 3 aromatic rings. The van der Waals surface area contributed by atoms with Crippen LogP contribution >= 0.6 is 11.8 Å². The van der Waals surface area contributed by atoms with E-state index in [0.29, 0.717) is 24.9 Å². The Labute approximate surface area is 181 Å². The summed E-state index contributed by atoms with van der Waals surface area (Å²) in [6.07, 6.45) is 0. The fraction of sp³-hybridized carbons (Fsp3) is 0.524. The van der Waals surface area contributed by atoms with Crippen molar-refractivity contribution in [1.29, 1.82) is 0 Å². The van der Waals surface area contributed by atoms with Crippen LogP contribution in [0.2, 0.25) is 0 Å². The topological polar surface area (TPSA) is 82.1 Å². The molecule has 4 rings (SSSR count). The molecule has 0 saturated carbocycles. The highest BCUT2D eigenvalue weighted by Crippen LogP contribution is 2.37. The summed E-state index contributed by atoms with van der Waals surface area (Å²) >= 11 is 1.57. The molecule has 160 valence electrons. The highest BCUT2D eigenvalue weighted by Gasteiger charge is 2.27. The second-order valence-electron chi connectivity index (χ2n) is 8.52. The number of aryl methyl sites for hydroxylation is 1. The number of hydrogen-bond acceptors (Lipinski definition) is 8. The van der Waals surface area contributed by atoms with Gasteiger partial charge >= 0.3 is 0 Å². The molecule has 3 heterocycles. The van der Waals surface area contributed by atoms with Crippen LogP contribution in [0.1, 0.15) is 50.2 Å². The summed E-state index contributed by atoms with van der Waals surface area (Å²) in [5.41, 5.74) is 2.07. The van der Waals surface area contributed by atoms with Crippen molar-refractivity contribution in [2.45, 2.75) is 50.4 Å². The van der Waals surface area contributed by atoms with Crippen LogP contribution in [0.5, 0.6) is 0 Å². The monoisotopic (exact) mass is 428 g/mol. The average Bonchev–Trinajstić information content (AvgIpc) is 3.36. The van der Waals surface area contributed by atoms with E-state index in [9.17, 15) is 0 Å². The van der Waals surface area contributed by atoms with E-state index < -0.39 is 0 Å². The minimum absolute atomic E-state index is 0.0566. The van der Waals surface area contributed by atoms with Gasteiger partial charge in [0.1, 0.15) is 0 Å². The lowest BCUT2D eigenvalue weighted by Gasteiger charge is -2.28. The first kappa shape index (κ1) is 20.9. The molecule has 0 N–H and O–H groups in total. The van der Waals surface area contributed by atoms with Gasteiger partial charge in [-0.25, -0.2) is 0 Å². The second kappa shape index (κ2) is 8.39. The highest BCUT2D eigenvalue weighted by atomic mass is 32.2. The van der Waals surface area contributed by atoms with Crippen LogP contribution in [0, 0.1) is 6.92 Å². The number of aromatic nitrogens is 5. The molecule has 0 aliphatic carbocycles. The third-order valence-corrected chi connectivity index (χ3v) is 5.94. The fourth-order valence-corrected chi connectivity index (χ4v) is 4.11. The van der Waals surface area contributed by atoms with Crippen LogP contribution in [-0.2, 0) is 10.2 Å². The van der Waals surface area contributed by atoms with Gasteiger partial charge in [0.2, 0.25) is 11.8 Å². The summed E-state index contributed by atoms with van der Waals surface area (Å²) in [7, 11) is 0. The predicted molar refractivity (Wildman–Crippen MR) is 116 cm³/mol. The Morgan fingerprint density at radius 1 is 1.13 bits per heavy atom. The zero-order valence-electron chi connectivity index (χ0n) is 18.1. The number of thioether (sulfide) groups is 1. The van der Waals surface area contributed by atoms with E-state index in [4.69, 9.17) is 9.26 Å². The van der Waals surface area contributed by atoms with Crippen molar-refractivity contribution in [3.8, 4) is 5.69 Å². The minimum Gasteiger partial charge on any atom is -0.378 e. The quantitative estimate of drug-likeness (QED) is 0.565. The summed E-state index contributed by atoms with van der Waals surface area (Å²) < 4.78 is 13.2. The van der Waals surface area contributed by atoms with Gasteiger partial charge in [-0.1, -0.05) is 49.8 Å². The van der Waals surface area contributed by atoms with Gasteiger partial charge < -0.3 is 14.2 Å². The number of anilines is 1. The molecule has 1 fully saturated rings. The Hall–Kier alpha value is -2.39. The van der Waals surface area contributed by atoms with E-state index in [-0.39, 0.29) is 10.7 Å². The molecular weight excluding hydrogens is 400 g/mol. The first-order chi connectivity index (χ1) is 14.3.